The topological polar surface area (TPSA) is 71.1 Å². The summed E-state index contributed by atoms with van der Waals surface area (Å²) in [6.07, 6.45) is 4.07. The van der Waals surface area contributed by atoms with Crippen LogP contribution in [0, 0.1) is 0 Å². The maximum absolute atomic E-state index is 12.2. The lowest BCUT2D eigenvalue weighted by molar-refractivity contribution is 0.238. The minimum Gasteiger partial charge on any atom is -0.326 e. The van der Waals surface area contributed by atoms with Gasteiger partial charge in [-0.2, -0.15) is 0 Å². The average molecular weight is 337 g/mol. The molecule has 0 saturated heterocycles. The van der Waals surface area contributed by atoms with Crippen LogP contribution < -0.4 is 10.6 Å². The molecule has 2 N–H and O–H groups in total. The van der Waals surface area contributed by atoms with Crippen LogP contribution in [0.25, 0.3) is 0 Å². The third-order valence-corrected chi connectivity index (χ3v) is 5.38. The van der Waals surface area contributed by atoms with Crippen LogP contribution in [0.1, 0.15) is 25.3 Å². The Bertz CT molecular complexity index is 673. The Morgan fingerprint density at radius 2 is 2.23 bits per heavy atom. The standard InChI is InChI=1S/C15H19N3O2S2/c1-4-15(2,13-16-8-9-21-13)18-14(19)17-11-6-5-7-12(10-11)22(3)20/h5-10H,4H2,1-3H3,(H2,17,18,19)/t15-,22+/m1/s1. The second kappa shape index (κ2) is 7.02. The number of benzene rings is 1. The van der Waals surface area contributed by atoms with Crippen molar-refractivity contribution in [3.05, 3.63) is 40.8 Å². The van der Waals surface area contributed by atoms with Crippen molar-refractivity contribution >= 4 is 33.9 Å². The molecule has 22 heavy (non-hydrogen) atoms. The highest BCUT2D eigenvalue weighted by molar-refractivity contribution is 7.84. The van der Waals surface area contributed by atoms with Gasteiger partial charge < -0.3 is 10.6 Å². The van der Waals surface area contributed by atoms with Gasteiger partial charge in [0.1, 0.15) is 5.01 Å². The molecule has 0 bridgehead atoms. The van der Waals surface area contributed by atoms with Crippen molar-refractivity contribution in [2.75, 3.05) is 11.6 Å². The highest BCUT2D eigenvalue weighted by Crippen LogP contribution is 2.26. The zero-order chi connectivity index (χ0) is 16.2. The fourth-order valence-electron chi connectivity index (χ4n) is 1.95. The van der Waals surface area contributed by atoms with Gasteiger partial charge in [0.25, 0.3) is 0 Å². The molecule has 2 atom stereocenters. The number of carbonyl (C=O) groups excluding carboxylic acids is 1. The number of thiazole rings is 1. The highest BCUT2D eigenvalue weighted by Gasteiger charge is 2.29. The fourth-order valence-corrected chi connectivity index (χ4v) is 3.35. The van der Waals surface area contributed by atoms with Crippen LogP contribution >= 0.6 is 11.3 Å². The van der Waals surface area contributed by atoms with Crippen LogP contribution in [0.2, 0.25) is 0 Å². The van der Waals surface area contributed by atoms with Crippen molar-refractivity contribution in [3.63, 3.8) is 0 Å². The molecule has 118 valence electrons. The maximum Gasteiger partial charge on any atom is 0.320 e. The summed E-state index contributed by atoms with van der Waals surface area (Å²) in [7, 11) is -1.08. The van der Waals surface area contributed by atoms with Crippen molar-refractivity contribution in [2.24, 2.45) is 0 Å². The van der Waals surface area contributed by atoms with Crippen molar-refractivity contribution in [1.82, 2.24) is 10.3 Å². The second-order valence-electron chi connectivity index (χ2n) is 5.08. The van der Waals surface area contributed by atoms with E-state index in [1.165, 1.54) is 11.3 Å². The summed E-state index contributed by atoms with van der Waals surface area (Å²) >= 11 is 1.52. The number of anilines is 1. The summed E-state index contributed by atoms with van der Waals surface area (Å²) < 4.78 is 11.5. The van der Waals surface area contributed by atoms with Gasteiger partial charge in [-0.05, 0) is 31.5 Å². The van der Waals surface area contributed by atoms with Crippen LogP contribution in [0.15, 0.2) is 40.7 Å². The van der Waals surface area contributed by atoms with E-state index in [9.17, 15) is 9.00 Å². The van der Waals surface area contributed by atoms with E-state index in [1.54, 1.807) is 36.7 Å². The molecule has 7 heteroatoms. The first kappa shape index (κ1) is 16.6. The molecular formula is C15H19N3O2S2. The number of hydrogen-bond acceptors (Lipinski definition) is 4. The van der Waals surface area contributed by atoms with E-state index < -0.39 is 16.3 Å². The van der Waals surface area contributed by atoms with Crippen LogP contribution in [-0.2, 0) is 16.3 Å². The smallest absolute Gasteiger partial charge is 0.320 e. The quantitative estimate of drug-likeness (QED) is 0.879. The maximum atomic E-state index is 12.2. The zero-order valence-corrected chi connectivity index (χ0v) is 14.4. The first-order valence-corrected chi connectivity index (χ1v) is 9.31. The van der Waals surface area contributed by atoms with Gasteiger partial charge >= 0.3 is 6.03 Å². The largest absolute Gasteiger partial charge is 0.326 e. The molecular weight excluding hydrogens is 318 g/mol. The molecule has 0 saturated carbocycles. The minimum atomic E-state index is -1.08. The van der Waals surface area contributed by atoms with Gasteiger partial charge in [-0.25, -0.2) is 9.78 Å². The van der Waals surface area contributed by atoms with Gasteiger partial charge in [-0.15, -0.1) is 11.3 Å². The predicted molar refractivity (Wildman–Crippen MR) is 90.7 cm³/mol. The Hall–Kier alpha value is -1.73. The monoisotopic (exact) mass is 337 g/mol. The fraction of sp³-hybridized carbons (Fsp3) is 0.333. The number of aromatic nitrogens is 1. The number of nitrogens with one attached hydrogen (secondary N) is 2. The molecule has 1 aromatic heterocycles. The molecule has 1 aromatic carbocycles. The molecule has 0 aliphatic rings. The van der Waals surface area contributed by atoms with E-state index in [2.05, 4.69) is 15.6 Å². The molecule has 0 spiro atoms. The van der Waals surface area contributed by atoms with E-state index >= 15 is 0 Å². The van der Waals surface area contributed by atoms with Crippen LogP contribution in [0.5, 0.6) is 0 Å². The average Bonchev–Trinajstić information content (AvgIpc) is 3.02. The summed E-state index contributed by atoms with van der Waals surface area (Å²) in [5, 5.41) is 8.51. The Labute approximate surface area is 136 Å². The third kappa shape index (κ3) is 3.92. The van der Waals surface area contributed by atoms with Crippen molar-refractivity contribution < 1.29 is 9.00 Å². The lowest BCUT2D eigenvalue weighted by Crippen LogP contribution is -2.45. The summed E-state index contributed by atoms with van der Waals surface area (Å²) in [6.45, 7) is 3.95. The van der Waals surface area contributed by atoms with Crippen molar-refractivity contribution in [3.8, 4) is 0 Å². The van der Waals surface area contributed by atoms with E-state index in [4.69, 9.17) is 0 Å². The van der Waals surface area contributed by atoms with E-state index in [0.717, 1.165) is 11.4 Å². The van der Waals surface area contributed by atoms with E-state index in [0.29, 0.717) is 10.6 Å². The summed E-state index contributed by atoms with van der Waals surface area (Å²) in [5.41, 5.74) is 0.103. The van der Waals surface area contributed by atoms with Gasteiger partial charge in [-0.1, -0.05) is 13.0 Å². The van der Waals surface area contributed by atoms with Crippen LogP contribution in [-0.4, -0.2) is 21.5 Å². The number of urea groups is 1. The zero-order valence-electron chi connectivity index (χ0n) is 12.8. The number of hydrogen-bond donors (Lipinski definition) is 2. The molecule has 0 fully saturated rings. The first-order chi connectivity index (χ1) is 10.4. The molecule has 2 aromatic rings. The van der Waals surface area contributed by atoms with Crippen LogP contribution in [0.4, 0.5) is 10.5 Å². The Morgan fingerprint density at radius 1 is 1.45 bits per heavy atom. The van der Waals surface area contributed by atoms with Crippen molar-refractivity contribution in [2.45, 2.75) is 30.7 Å². The molecule has 1 heterocycles. The number of carbonyl (C=O) groups is 1. The lowest BCUT2D eigenvalue weighted by Gasteiger charge is -2.27. The summed E-state index contributed by atoms with van der Waals surface area (Å²) in [4.78, 5) is 17.2. The molecule has 2 rings (SSSR count). The van der Waals surface area contributed by atoms with Gasteiger partial charge in [0.05, 0.1) is 5.54 Å². The SMILES string of the molecule is CC[C@@](C)(NC(=O)Nc1cccc([S@](C)=O)c1)c1nccs1. The van der Waals surface area contributed by atoms with Gasteiger partial charge in [0, 0.05) is 39.2 Å². The minimum absolute atomic E-state index is 0.307. The predicted octanol–water partition coefficient (Wildman–Crippen LogP) is 3.33. The Balaban J connectivity index is 2.09. The summed E-state index contributed by atoms with van der Waals surface area (Å²) in [6, 6.07) is 6.71. The van der Waals surface area contributed by atoms with Gasteiger partial charge in [0.2, 0.25) is 0 Å². The molecule has 0 aliphatic heterocycles. The third-order valence-electron chi connectivity index (χ3n) is 3.42. The van der Waals surface area contributed by atoms with E-state index in [1.807, 2.05) is 19.2 Å². The molecule has 2 amide bonds. The molecule has 0 unspecified atom stereocenters. The number of rotatable bonds is 5. The normalized spacial score (nSPS) is 14.9. The van der Waals surface area contributed by atoms with Gasteiger partial charge in [-0.3, -0.25) is 4.21 Å². The molecule has 5 nitrogen and oxygen atoms in total. The Morgan fingerprint density at radius 3 is 2.82 bits per heavy atom. The van der Waals surface area contributed by atoms with Gasteiger partial charge in [0.15, 0.2) is 0 Å². The number of amides is 2. The lowest BCUT2D eigenvalue weighted by atomic mass is 10.0. The van der Waals surface area contributed by atoms with Crippen molar-refractivity contribution in [1.29, 1.82) is 0 Å². The van der Waals surface area contributed by atoms with E-state index in [-0.39, 0.29) is 6.03 Å². The first-order valence-electron chi connectivity index (χ1n) is 6.87. The highest BCUT2D eigenvalue weighted by atomic mass is 32.2. The Kier molecular flexibility index (Phi) is 5.31. The molecule has 0 radical (unpaired) electrons. The number of nitrogens with zero attached hydrogens (tertiary/aromatic N) is 1. The molecule has 0 aliphatic carbocycles. The second-order valence-corrected chi connectivity index (χ2v) is 7.36. The van der Waals surface area contributed by atoms with Crippen LogP contribution in [0.3, 0.4) is 0 Å². The summed E-state index contributed by atoms with van der Waals surface area (Å²) in [5.74, 6) is 0.